The molecule has 228 valence electrons. The van der Waals surface area contributed by atoms with Crippen LogP contribution in [-0.4, -0.2) is 61.4 Å². The minimum absolute atomic E-state index is 0. The Morgan fingerprint density at radius 2 is 1.73 bits per heavy atom. The summed E-state index contributed by atoms with van der Waals surface area (Å²) in [6.45, 7) is 4.44. The lowest BCUT2D eigenvalue weighted by atomic mass is 9.49. The Bertz CT molecular complexity index is 1090. The number of alkyl carbamates (subject to hydrolysis) is 1. The van der Waals surface area contributed by atoms with E-state index in [1.165, 1.54) is 26.4 Å². The zero-order chi connectivity index (χ0) is 28.7. The summed E-state index contributed by atoms with van der Waals surface area (Å²) in [6.07, 6.45) is 6.64. The number of halogens is 1. The maximum absolute atomic E-state index is 13.6. The topological polar surface area (TPSA) is 134 Å². The van der Waals surface area contributed by atoms with Crippen LogP contribution in [0.4, 0.5) is 10.5 Å². The smallest absolute Gasteiger partial charge is 0.407 e. The molecule has 0 spiro atoms. The summed E-state index contributed by atoms with van der Waals surface area (Å²) < 4.78 is 4.76. The number of carbonyl (C=O) groups excluding carboxylic acids is 3. The van der Waals surface area contributed by atoms with Gasteiger partial charge in [0.2, 0.25) is 11.8 Å². The van der Waals surface area contributed by atoms with Crippen molar-refractivity contribution in [3.05, 3.63) is 29.8 Å². The third-order valence-electron chi connectivity index (χ3n) is 9.86. The molecule has 1 aromatic carbocycles. The summed E-state index contributed by atoms with van der Waals surface area (Å²) in [5, 5.41) is 16.8. The third kappa shape index (κ3) is 7.00. The van der Waals surface area contributed by atoms with Crippen LogP contribution in [0.1, 0.15) is 70.8 Å². The van der Waals surface area contributed by atoms with Crippen LogP contribution in [0, 0.1) is 28.6 Å². The molecule has 6 rings (SSSR count). The van der Waals surface area contributed by atoms with E-state index in [2.05, 4.69) is 10.6 Å². The van der Waals surface area contributed by atoms with Crippen molar-refractivity contribution in [3.8, 4) is 0 Å². The van der Waals surface area contributed by atoms with Crippen LogP contribution in [0.25, 0.3) is 0 Å². The summed E-state index contributed by atoms with van der Waals surface area (Å²) in [4.78, 5) is 40.4. The molecule has 0 aromatic heterocycles. The van der Waals surface area contributed by atoms with E-state index in [0.29, 0.717) is 37.1 Å². The van der Waals surface area contributed by atoms with E-state index in [0.717, 1.165) is 30.5 Å². The summed E-state index contributed by atoms with van der Waals surface area (Å²) in [5.74, 6) is 2.07. The normalized spacial score (nSPS) is 29.5. The van der Waals surface area contributed by atoms with Gasteiger partial charge >= 0.3 is 6.09 Å². The fraction of sp³-hybridized carbons (Fsp3) is 0.710. The average Bonchev–Trinajstić information content (AvgIpc) is 2.89. The predicted octanol–water partition coefficient (Wildman–Crippen LogP) is 3.55. The number of nitrogens with two attached hydrogens (primary N) is 1. The van der Waals surface area contributed by atoms with Gasteiger partial charge in [-0.15, -0.1) is 12.4 Å². The van der Waals surface area contributed by atoms with Crippen molar-refractivity contribution >= 4 is 36.0 Å². The molecule has 1 unspecified atom stereocenters. The number of ether oxygens (including phenoxy) is 1. The number of rotatable bonds is 9. The van der Waals surface area contributed by atoms with Gasteiger partial charge in [-0.2, -0.15) is 0 Å². The Morgan fingerprint density at radius 1 is 1.12 bits per heavy atom. The molecule has 1 aromatic rings. The highest BCUT2D eigenvalue weighted by molar-refractivity contribution is 5.95. The van der Waals surface area contributed by atoms with Gasteiger partial charge in [0.1, 0.15) is 0 Å². The number of fused-ring (bicyclic) bond motifs is 1. The highest BCUT2D eigenvalue weighted by atomic mass is 35.5. The van der Waals surface area contributed by atoms with Crippen LogP contribution in [-0.2, 0) is 20.7 Å². The molecule has 3 atom stereocenters. The van der Waals surface area contributed by atoms with E-state index in [1.807, 2.05) is 38.1 Å². The average molecular weight is 591 g/mol. The standard InChI is InChI=1S/C31H46N4O5.ClH/c1-30(2,16-27(37)35-18-23(34-29(39)40-3)11-22-6-4-5-7-25(22)35)15-24(32)26(36)17-33-28(38)31-12-19-8-20(13-31)10-21(9-19)14-31;/h4-7,19-21,23-24,26,36H,8-18,32H2,1-3H3,(H,33,38)(H,34,39);1H/t19?,20?,21?,23?,24-,26-,31?;/m0./s1. The van der Waals surface area contributed by atoms with Crippen LogP contribution >= 0.6 is 12.4 Å². The number of methoxy groups -OCH3 is 1. The number of anilines is 1. The predicted molar refractivity (Wildman–Crippen MR) is 160 cm³/mol. The maximum Gasteiger partial charge on any atom is 0.407 e. The first-order valence-electron chi connectivity index (χ1n) is 14.9. The van der Waals surface area contributed by atoms with Crippen LogP contribution in [0.3, 0.4) is 0 Å². The lowest BCUT2D eigenvalue weighted by Gasteiger charge is -2.55. The van der Waals surface area contributed by atoms with E-state index < -0.39 is 23.7 Å². The molecule has 41 heavy (non-hydrogen) atoms. The van der Waals surface area contributed by atoms with Crippen LogP contribution in [0.2, 0.25) is 0 Å². The van der Waals surface area contributed by atoms with E-state index in [9.17, 15) is 19.5 Å². The van der Waals surface area contributed by atoms with E-state index in [1.54, 1.807) is 4.90 Å². The van der Waals surface area contributed by atoms with Crippen molar-refractivity contribution < 1.29 is 24.2 Å². The maximum atomic E-state index is 13.6. The van der Waals surface area contributed by atoms with E-state index in [-0.39, 0.29) is 48.6 Å². The molecule has 4 bridgehead atoms. The molecule has 5 aliphatic rings. The lowest BCUT2D eigenvalue weighted by molar-refractivity contribution is -0.146. The summed E-state index contributed by atoms with van der Waals surface area (Å²) >= 11 is 0. The van der Waals surface area contributed by atoms with Gasteiger partial charge in [0.05, 0.1) is 19.3 Å². The molecule has 1 heterocycles. The van der Waals surface area contributed by atoms with Crippen molar-refractivity contribution in [1.82, 2.24) is 10.6 Å². The molecule has 4 aliphatic carbocycles. The Morgan fingerprint density at radius 3 is 2.34 bits per heavy atom. The Labute approximate surface area is 249 Å². The summed E-state index contributed by atoms with van der Waals surface area (Å²) in [7, 11) is 1.32. The highest BCUT2D eigenvalue weighted by Crippen LogP contribution is 2.60. The number of hydrogen-bond acceptors (Lipinski definition) is 6. The number of amides is 3. The number of nitrogens with one attached hydrogen (secondary N) is 2. The van der Waals surface area contributed by atoms with Gasteiger partial charge in [0, 0.05) is 36.7 Å². The van der Waals surface area contributed by atoms with Crippen molar-refractivity contribution in [3.63, 3.8) is 0 Å². The number of carbonyl (C=O) groups is 3. The second-order valence-electron chi connectivity index (χ2n) is 13.9. The lowest BCUT2D eigenvalue weighted by Crippen LogP contribution is -2.55. The Kier molecular flexibility index (Phi) is 9.61. The quantitative estimate of drug-likeness (QED) is 0.347. The molecule has 10 heteroatoms. The second-order valence-corrected chi connectivity index (χ2v) is 13.9. The molecule has 0 radical (unpaired) electrons. The molecule has 3 amide bonds. The monoisotopic (exact) mass is 590 g/mol. The van der Waals surface area contributed by atoms with Gasteiger partial charge in [-0.3, -0.25) is 9.59 Å². The fourth-order valence-electron chi connectivity index (χ4n) is 8.43. The van der Waals surface area contributed by atoms with Crippen molar-refractivity contribution in [2.45, 2.75) is 89.8 Å². The first-order valence-corrected chi connectivity index (χ1v) is 14.9. The number of hydrogen-bond donors (Lipinski definition) is 4. The second kappa shape index (κ2) is 12.5. The molecular weight excluding hydrogens is 544 g/mol. The Balaban J connectivity index is 0.00000387. The Hall–Kier alpha value is -2.36. The SMILES string of the molecule is COC(=O)NC1Cc2ccccc2N(C(=O)CC(C)(C)C[C@H](N)[C@@H](O)CNC(=O)C23CC4CC(CC(C4)C2)C3)C1.Cl. The first kappa shape index (κ1) is 31.6. The highest BCUT2D eigenvalue weighted by Gasteiger charge is 2.54. The van der Waals surface area contributed by atoms with Crippen LogP contribution in [0.15, 0.2) is 24.3 Å². The van der Waals surface area contributed by atoms with Gasteiger partial charge in [-0.1, -0.05) is 32.0 Å². The summed E-state index contributed by atoms with van der Waals surface area (Å²) in [5.41, 5.74) is 7.53. The van der Waals surface area contributed by atoms with E-state index in [4.69, 9.17) is 10.5 Å². The van der Waals surface area contributed by atoms with Gasteiger partial charge in [0.25, 0.3) is 0 Å². The van der Waals surface area contributed by atoms with E-state index >= 15 is 0 Å². The number of nitrogens with zero attached hydrogens (tertiary/aromatic N) is 1. The number of benzene rings is 1. The van der Waals surface area contributed by atoms with Crippen molar-refractivity contribution in [1.29, 1.82) is 0 Å². The van der Waals surface area contributed by atoms with Gasteiger partial charge in [-0.05, 0) is 86.2 Å². The third-order valence-corrected chi connectivity index (χ3v) is 9.86. The van der Waals surface area contributed by atoms with Gasteiger partial charge < -0.3 is 31.1 Å². The minimum Gasteiger partial charge on any atom is -0.453 e. The zero-order valence-corrected chi connectivity index (χ0v) is 25.4. The molecule has 4 fully saturated rings. The number of aliphatic hydroxyl groups is 1. The largest absolute Gasteiger partial charge is 0.453 e. The minimum atomic E-state index is -0.892. The molecular formula is C31H47ClN4O5. The molecule has 1 aliphatic heterocycles. The molecule has 9 nitrogen and oxygen atoms in total. The van der Waals surface area contributed by atoms with Crippen LogP contribution in [0.5, 0.6) is 0 Å². The van der Waals surface area contributed by atoms with Gasteiger partial charge in [0.15, 0.2) is 0 Å². The zero-order valence-electron chi connectivity index (χ0n) is 24.6. The molecule has 4 saturated carbocycles. The molecule has 0 saturated heterocycles. The van der Waals surface area contributed by atoms with Crippen molar-refractivity contribution in [2.24, 2.45) is 34.3 Å². The fourth-order valence-corrected chi connectivity index (χ4v) is 8.43. The van der Waals surface area contributed by atoms with Crippen molar-refractivity contribution in [2.75, 3.05) is 25.1 Å². The molecule has 5 N–H and O–H groups in total. The first-order chi connectivity index (χ1) is 19.0. The van der Waals surface area contributed by atoms with Gasteiger partial charge in [-0.25, -0.2) is 4.79 Å². The summed E-state index contributed by atoms with van der Waals surface area (Å²) in [6, 6.07) is 6.89. The number of aliphatic hydroxyl groups excluding tert-OH is 1. The number of para-hydroxylation sites is 1. The van der Waals surface area contributed by atoms with Crippen LogP contribution < -0.4 is 21.3 Å².